The van der Waals surface area contributed by atoms with Gasteiger partial charge < -0.3 is 15.5 Å². The molecular formula is C16H31N5. The average Bonchev–Trinajstić information content (AvgIpc) is 2.45. The lowest BCUT2D eigenvalue weighted by molar-refractivity contribution is 0.326. The van der Waals surface area contributed by atoms with Gasteiger partial charge in [0.1, 0.15) is 17.5 Å². The van der Waals surface area contributed by atoms with Crippen molar-refractivity contribution in [1.82, 2.24) is 14.9 Å². The van der Waals surface area contributed by atoms with Crippen molar-refractivity contribution in [3.63, 3.8) is 0 Å². The molecule has 1 atom stereocenters. The highest BCUT2D eigenvalue weighted by Gasteiger charge is 2.12. The number of nitrogens with one attached hydrogen (secondary N) is 2. The van der Waals surface area contributed by atoms with Crippen LogP contribution in [-0.2, 0) is 6.42 Å². The van der Waals surface area contributed by atoms with Crippen LogP contribution in [-0.4, -0.2) is 48.1 Å². The van der Waals surface area contributed by atoms with Gasteiger partial charge in [0.2, 0.25) is 0 Å². The molecule has 1 rings (SSSR count). The van der Waals surface area contributed by atoms with E-state index in [-0.39, 0.29) is 0 Å². The SMILES string of the molecule is CCCNc1nc(CCC)nc(NCC(C)N(C)C)c1C. The summed E-state index contributed by atoms with van der Waals surface area (Å²) in [6.45, 7) is 10.4. The molecule has 0 saturated carbocycles. The van der Waals surface area contributed by atoms with Crippen molar-refractivity contribution in [2.45, 2.75) is 53.0 Å². The van der Waals surface area contributed by atoms with Crippen molar-refractivity contribution in [3.8, 4) is 0 Å². The Morgan fingerprint density at radius 2 is 1.67 bits per heavy atom. The third-order valence-corrected chi connectivity index (χ3v) is 3.65. The first-order chi connectivity index (χ1) is 9.99. The summed E-state index contributed by atoms with van der Waals surface area (Å²) in [5.41, 5.74) is 1.11. The maximum atomic E-state index is 4.68. The average molecular weight is 293 g/mol. The minimum absolute atomic E-state index is 0.459. The standard InChI is InChI=1S/C16H31N5/c1-7-9-14-19-15(17-10-8-2)13(4)16(20-14)18-11-12(3)21(5)6/h12H,7-11H2,1-6H3,(H2,17,18,19,20). The third-order valence-electron chi connectivity index (χ3n) is 3.65. The lowest BCUT2D eigenvalue weighted by Crippen LogP contribution is -2.32. The predicted octanol–water partition coefficient (Wildman–Crippen LogP) is 2.92. The van der Waals surface area contributed by atoms with Gasteiger partial charge in [0.25, 0.3) is 0 Å². The smallest absolute Gasteiger partial charge is 0.134 e. The second-order valence-electron chi connectivity index (χ2n) is 5.83. The van der Waals surface area contributed by atoms with E-state index in [2.05, 4.69) is 67.3 Å². The van der Waals surface area contributed by atoms with Crippen LogP contribution in [0.5, 0.6) is 0 Å². The van der Waals surface area contributed by atoms with E-state index < -0.39 is 0 Å². The Bertz CT molecular complexity index is 431. The molecule has 0 saturated heterocycles. The topological polar surface area (TPSA) is 53.1 Å². The van der Waals surface area contributed by atoms with Gasteiger partial charge in [-0.05, 0) is 40.8 Å². The van der Waals surface area contributed by atoms with E-state index in [4.69, 9.17) is 0 Å². The monoisotopic (exact) mass is 293 g/mol. The minimum Gasteiger partial charge on any atom is -0.370 e. The van der Waals surface area contributed by atoms with E-state index in [1.165, 1.54) is 0 Å². The van der Waals surface area contributed by atoms with Crippen LogP contribution in [0.4, 0.5) is 11.6 Å². The maximum absolute atomic E-state index is 4.68. The zero-order valence-electron chi connectivity index (χ0n) is 14.5. The van der Waals surface area contributed by atoms with Crippen LogP contribution in [0.15, 0.2) is 0 Å². The fourth-order valence-corrected chi connectivity index (χ4v) is 1.91. The molecule has 0 amide bonds. The second-order valence-corrected chi connectivity index (χ2v) is 5.83. The molecule has 5 nitrogen and oxygen atoms in total. The Hall–Kier alpha value is -1.36. The summed E-state index contributed by atoms with van der Waals surface area (Å²) in [5, 5.41) is 6.89. The van der Waals surface area contributed by atoms with E-state index >= 15 is 0 Å². The molecule has 1 aromatic rings. The van der Waals surface area contributed by atoms with E-state index in [9.17, 15) is 0 Å². The highest BCUT2D eigenvalue weighted by Crippen LogP contribution is 2.20. The number of aromatic nitrogens is 2. The molecule has 21 heavy (non-hydrogen) atoms. The van der Waals surface area contributed by atoms with Crippen molar-refractivity contribution >= 4 is 11.6 Å². The number of nitrogens with zero attached hydrogens (tertiary/aromatic N) is 3. The summed E-state index contributed by atoms with van der Waals surface area (Å²) in [6.07, 6.45) is 3.07. The summed E-state index contributed by atoms with van der Waals surface area (Å²) in [6, 6.07) is 0.459. The normalized spacial score (nSPS) is 12.5. The van der Waals surface area contributed by atoms with Gasteiger partial charge in [-0.25, -0.2) is 9.97 Å². The number of anilines is 2. The van der Waals surface area contributed by atoms with Gasteiger partial charge >= 0.3 is 0 Å². The largest absolute Gasteiger partial charge is 0.370 e. The van der Waals surface area contributed by atoms with E-state index in [0.29, 0.717) is 6.04 Å². The van der Waals surface area contributed by atoms with Crippen LogP contribution in [0, 0.1) is 6.92 Å². The van der Waals surface area contributed by atoms with Gasteiger partial charge in [-0.15, -0.1) is 0 Å². The van der Waals surface area contributed by atoms with Gasteiger partial charge in [0, 0.05) is 31.1 Å². The van der Waals surface area contributed by atoms with Crippen LogP contribution < -0.4 is 10.6 Å². The molecule has 0 aliphatic rings. The van der Waals surface area contributed by atoms with Gasteiger partial charge in [0.15, 0.2) is 0 Å². The third kappa shape index (κ3) is 5.50. The summed E-state index contributed by atoms with van der Waals surface area (Å²) in [7, 11) is 4.19. The lowest BCUT2D eigenvalue weighted by atomic mass is 10.2. The zero-order chi connectivity index (χ0) is 15.8. The van der Waals surface area contributed by atoms with Gasteiger partial charge in [-0.2, -0.15) is 0 Å². The molecule has 0 bridgehead atoms. The van der Waals surface area contributed by atoms with Crippen LogP contribution in [0.2, 0.25) is 0 Å². The fourth-order valence-electron chi connectivity index (χ4n) is 1.91. The van der Waals surface area contributed by atoms with Crippen molar-refractivity contribution in [1.29, 1.82) is 0 Å². The molecule has 5 heteroatoms. The quantitative estimate of drug-likeness (QED) is 0.733. The van der Waals surface area contributed by atoms with Crippen molar-refractivity contribution in [2.24, 2.45) is 0 Å². The minimum atomic E-state index is 0.459. The number of hydrogen-bond donors (Lipinski definition) is 2. The molecule has 0 fully saturated rings. The summed E-state index contributed by atoms with van der Waals surface area (Å²) < 4.78 is 0. The van der Waals surface area contributed by atoms with E-state index in [1.807, 2.05) is 0 Å². The summed E-state index contributed by atoms with van der Waals surface area (Å²) >= 11 is 0. The Labute approximate surface area is 129 Å². The first-order valence-electron chi connectivity index (χ1n) is 8.01. The van der Waals surface area contributed by atoms with Crippen LogP contribution in [0.1, 0.15) is 45.0 Å². The highest BCUT2D eigenvalue weighted by atomic mass is 15.1. The van der Waals surface area contributed by atoms with Crippen LogP contribution in [0.25, 0.3) is 0 Å². The Kier molecular flexibility index (Phi) is 7.43. The summed E-state index contributed by atoms with van der Waals surface area (Å²) in [4.78, 5) is 11.5. The van der Waals surface area contributed by atoms with Crippen LogP contribution in [0.3, 0.4) is 0 Å². The molecule has 1 unspecified atom stereocenters. The molecule has 0 aliphatic heterocycles. The van der Waals surface area contributed by atoms with Gasteiger partial charge in [-0.3, -0.25) is 0 Å². The van der Waals surface area contributed by atoms with Gasteiger partial charge in [0.05, 0.1) is 0 Å². The Balaban J connectivity index is 2.91. The molecule has 0 spiro atoms. The number of aryl methyl sites for hydroxylation is 1. The highest BCUT2D eigenvalue weighted by molar-refractivity contribution is 5.57. The van der Waals surface area contributed by atoms with E-state index in [0.717, 1.165) is 55.4 Å². The molecule has 0 aliphatic carbocycles. The Morgan fingerprint density at radius 3 is 2.19 bits per heavy atom. The predicted molar refractivity (Wildman–Crippen MR) is 91.2 cm³/mol. The van der Waals surface area contributed by atoms with Gasteiger partial charge in [-0.1, -0.05) is 13.8 Å². The maximum Gasteiger partial charge on any atom is 0.134 e. The van der Waals surface area contributed by atoms with Crippen molar-refractivity contribution in [3.05, 3.63) is 11.4 Å². The molecule has 120 valence electrons. The summed E-state index contributed by atoms with van der Waals surface area (Å²) in [5.74, 6) is 2.85. The van der Waals surface area contributed by atoms with Crippen molar-refractivity contribution < 1.29 is 0 Å². The zero-order valence-corrected chi connectivity index (χ0v) is 14.5. The number of hydrogen-bond acceptors (Lipinski definition) is 5. The second kappa shape index (κ2) is 8.82. The molecule has 0 aromatic carbocycles. The fraction of sp³-hybridized carbons (Fsp3) is 0.750. The molecule has 1 heterocycles. The van der Waals surface area contributed by atoms with Crippen molar-refractivity contribution in [2.75, 3.05) is 37.8 Å². The molecule has 1 aromatic heterocycles. The number of rotatable bonds is 9. The lowest BCUT2D eigenvalue weighted by Gasteiger charge is -2.21. The van der Waals surface area contributed by atoms with Crippen LogP contribution >= 0.6 is 0 Å². The first-order valence-corrected chi connectivity index (χ1v) is 8.01. The Morgan fingerprint density at radius 1 is 1.05 bits per heavy atom. The first kappa shape index (κ1) is 17.7. The molecule has 0 radical (unpaired) electrons. The molecular weight excluding hydrogens is 262 g/mol. The molecule has 2 N–H and O–H groups in total. The number of likely N-dealkylation sites (N-methyl/N-ethyl adjacent to an activating group) is 1. The van der Waals surface area contributed by atoms with E-state index in [1.54, 1.807) is 0 Å².